The van der Waals surface area contributed by atoms with E-state index in [1.807, 2.05) is 18.3 Å². The van der Waals surface area contributed by atoms with E-state index in [1.54, 1.807) is 0 Å². The lowest BCUT2D eigenvalue weighted by atomic mass is 9.80. The molecule has 36 heavy (non-hydrogen) atoms. The monoisotopic (exact) mass is 462 g/mol. The smallest absolute Gasteiger partial charge is 0.0712 e. The summed E-state index contributed by atoms with van der Waals surface area (Å²) in [6.45, 7) is 2.39. The topological polar surface area (TPSA) is 16.1 Å². The second kappa shape index (κ2) is 7.18. The van der Waals surface area contributed by atoms with Gasteiger partial charge in [-0.1, -0.05) is 85.0 Å². The van der Waals surface area contributed by atoms with Gasteiger partial charge in [0.15, 0.2) is 0 Å². The van der Waals surface area contributed by atoms with E-state index in [0.717, 1.165) is 17.7 Å². The largest absolute Gasteiger partial charge is 0.330 e. The molecule has 0 fully saturated rings. The van der Waals surface area contributed by atoms with Gasteiger partial charge in [0.1, 0.15) is 0 Å². The molecule has 8 rings (SSSR count). The standard InChI is InChI=1S/C34H26N2/c1-34-20-4-2-12-29(34)27-19-18-26-25-10-6-8-23-9-7-11-28(31(23)25)32(26)33(27)36(34)24-16-14-22(15-17-24)30-13-3-5-21-35-30/h2-9,11-21,25,29H,10H2,1H3. The zero-order valence-corrected chi connectivity index (χ0v) is 20.2. The maximum Gasteiger partial charge on any atom is 0.0712 e. The zero-order chi connectivity index (χ0) is 23.9. The van der Waals surface area contributed by atoms with Crippen molar-refractivity contribution in [3.05, 3.63) is 132 Å². The van der Waals surface area contributed by atoms with Gasteiger partial charge in [-0.3, -0.25) is 4.98 Å². The highest BCUT2D eigenvalue weighted by molar-refractivity contribution is 5.97. The lowest BCUT2D eigenvalue weighted by molar-refractivity contribution is 0.542. The van der Waals surface area contributed by atoms with E-state index in [2.05, 4.69) is 114 Å². The van der Waals surface area contributed by atoms with Crippen LogP contribution >= 0.6 is 0 Å². The lowest BCUT2D eigenvalue weighted by Crippen LogP contribution is -2.42. The summed E-state index contributed by atoms with van der Waals surface area (Å²) in [5, 5.41) is 0. The molecule has 0 N–H and O–H groups in total. The molecular weight excluding hydrogens is 436 g/mol. The van der Waals surface area contributed by atoms with E-state index in [0.29, 0.717) is 11.8 Å². The first-order chi connectivity index (χ1) is 17.7. The van der Waals surface area contributed by atoms with Crippen LogP contribution < -0.4 is 4.90 Å². The third-order valence-electron chi connectivity index (χ3n) is 8.65. The quantitative estimate of drug-likeness (QED) is 0.297. The van der Waals surface area contributed by atoms with Crippen molar-refractivity contribution in [1.29, 1.82) is 0 Å². The van der Waals surface area contributed by atoms with Gasteiger partial charge < -0.3 is 4.90 Å². The van der Waals surface area contributed by atoms with E-state index in [4.69, 9.17) is 0 Å². The molecule has 3 aliphatic carbocycles. The number of anilines is 2. The third kappa shape index (κ3) is 2.54. The van der Waals surface area contributed by atoms with E-state index in [-0.39, 0.29) is 5.54 Å². The van der Waals surface area contributed by atoms with Gasteiger partial charge in [0.25, 0.3) is 0 Å². The van der Waals surface area contributed by atoms with Crippen LogP contribution in [-0.4, -0.2) is 10.5 Å². The number of allylic oxidation sites excluding steroid dienone is 3. The number of pyridine rings is 1. The van der Waals surface area contributed by atoms with Crippen LogP contribution in [0.15, 0.2) is 109 Å². The predicted octanol–water partition coefficient (Wildman–Crippen LogP) is 8.40. The summed E-state index contributed by atoms with van der Waals surface area (Å²) in [5.41, 5.74) is 13.2. The molecule has 4 aliphatic rings. The molecular formula is C34H26N2. The molecule has 2 heteroatoms. The number of fused-ring (bicyclic) bond motifs is 7. The second-order valence-electron chi connectivity index (χ2n) is 10.5. The Balaban J connectivity index is 1.36. The Morgan fingerprint density at radius 2 is 1.78 bits per heavy atom. The molecule has 3 aromatic carbocycles. The molecule has 4 aromatic rings. The first kappa shape index (κ1) is 20.1. The summed E-state index contributed by atoms with van der Waals surface area (Å²) in [5.74, 6) is 0.767. The average Bonchev–Trinajstić information content (AvgIpc) is 3.40. The summed E-state index contributed by atoms with van der Waals surface area (Å²) in [6, 6.07) is 26.7. The molecule has 1 aliphatic heterocycles. The fourth-order valence-electron chi connectivity index (χ4n) is 7.07. The minimum atomic E-state index is -0.160. The van der Waals surface area contributed by atoms with Crippen molar-refractivity contribution in [2.24, 2.45) is 0 Å². The van der Waals surface area contributed by atoms with Crippen molar-refractivity contribution in [1.82, 2.24) is 4.98 Å². The fraction of sp³-hybridized carbons (Fsp3) is 0.147. The van der Waals surface area contributed by atoms with Gasteiger partial charge in [0.2, 0.25) is 0 Å². The van der Waals surface area contributed by atoms with Crippen molar-refractivity contribution < 1.29 is 0 Å². The summed E-state index contributed by atoms with van der Waals surface area (Å²) >= 11 is 0. The van der Waals surface area contributed by atoms with E-state index in [9.17, 15) is 0 Å². The number of nitrogens with zero attached hydrogens (tertiary/aromatic N) is 2. The van der Waals surface area contributed by atoms with Crippen molar-refractivity contribution in [2.75, 3.05) is 4.90 Å². The Kier molecular flexibility index (Phi) is 4.00. The minimum absolute atomic E-state index is 0.160. The van der Waals surface area contributed by atoms with Crippen molar-refractivity contribution in [3.8, 4) is 22.4 Å². The number of rotatable bonds is 2. The maximum atomic E-state index is 4.56. The van der Waals surface area contributed by atoms with E-state index >= 15 is 0 Å². The average molecular weight is 463 g/mol. The van der Waals surface area contributed by atoms with Crippen LogP contribution in [0, 0.1) is 0 Å². The Bertz CT molecular complexity index is 1620. The van der Waals surface area contributed by atoms with E-state index < -0.39 is 0 Å². The van der Waals surface area contributed by atoms with Gasteiger partial charge in [-0.2, -0.15) is 0 Å². The van der Waals surface area contributed by atoms with Crippen LogP contribution in [0.2, 0.25) is 0 Å². The zero-order valence-electron chi connectivity index (χ0n) is 20.2. The number of hydrogen-bond donors (Lipinski definition) is 0. The molecule has 0 spiro atoms. The van der Waals surface area contributed by atoms with Crippen molar-refractivity contribution in [2.45, 2.75) is 30.7 Å². The molecule has 2 nitrogen and oxygen atoms in total. The van der Waals surface area contributed by atoms with Crippen LogP contribution in [0.25, 0.3) is 28.5 Å². The molecule has 0 saturated heterocycles. The van der Waals surface area contributed by atoms with Crippen LogP contribution in [0.1, 0.15) is 47.4 Å². The van der Waals surface area contributed by atoms with Crippen LogP contribution in [0.3, 0.4) is 0 Å². The van der Waals surface area contributed by atoms with Gasteiger partial charge in [0.05, 0.1) is 16.9 Å². The van der Waals surface area contributed by atoms with Gasteiger partial charge in [-0.25, -0.2) is 0 Å². The maximum absolute atomic E-state index is 4.56. The predicted molar refractivity (Wildman–Crippen MR) is 149 cm³/mol. The lowest BCUT2D eigenvalue weighted by Gasteiger charge is -2.39. The first-order valence-corrected chi connectivity index (χ1v) is 12.9. The summed E-state index contributed by atoms with van der Waals surface area (Å²) in [7, 11) is 0. The highest BCUT2D eigenvalue weighted by Crippen LogP contribution is 2.62. The van der Waals surface area contributed by atoms with Gasteiger partial charge in [-0.05, 0) is 65.4 Å². The minimum Gasteiger partial charge on any atom is -0.330 e. The highest BCUT2D eigenvalue weighted by atomic mass is 15.2. The normalized spacial score (nSPS) is 23.9. The molecule has 0 radical (unpaired) electrons. The van der Waals surface area contributed by atoms with Crippen molar-refractivity contribution >= 4 is 17.5 Å². The van der Waals surface area contributed by atoms with Gasteiger partial charge in [-0.15, -0.1) is 0 Å². The third-order valence-corrected chi connectivity index (χ3v) is 8.65. The fourth-order valence-corrected chi connectivity index (χ4v) is 7.07. The Labute approximate surface area is 212 Å². The number of aromatic nitrogens is 1. The number of benzene rings is 3. The molecule has 2 heterocycles. The SMILES string of the molecule is CC12C=CC=CC1c1ccc3c(c1N2c1ccc(-c2ccccn2)cc1)-c1cccc2c1C3CC=C2. The van der Waals surface area contributed by atoms with Gasteiger partial charge >= 0.3 is 0 Å². The molecule has 1 aromatic heterocycles. The Hall–Kier alpha value is -4.17. The van der Waals surface area contributed by atoms with E-state index in [1.165, 1.54) is 44.8 Å². The molecule has 172 valence electrons. The molecule has 0 saturated carbocycles. The van der Waals surface area contributed by atoms with Crippen LogP contribution in [0.4, 0.5) is 11.4 Å². The first-order valence-electron chi connectivity index (χ1n) is 12.9. The second-order valence-corrected chi connectivity index (χ2v) is 10.5. The van der Waals surface area contributed by atoms with Crippen molar-refractivity contribution in [3.63, 3.8) is 0 Å². The molecule has 0 amide bonds. The van der Waals surface area contributed by atoms with Gasteiger partial charge in [0, 0.05) is 34.8 Å². The molecule has 3 atom stereocenters. The Morgan fingerprint density at radius 1 is 0.889 bits per heavy atom. The molecule has 3 unspecified atom stereocenters. The van der Waals surface area contributed by atoms with Crippen LogP contribution in [0.5, 0.6) is 0 Å². The summed E-state index contributed by atoms with van der Waals surface area (Å²) < 4.78 is 0. The summed E-state index contributed by atoms with van der Waals surface area (Å²) in [6.07, 6.45) is 16.8. The number of hydrogen-bond acceptors (Lipinski definition) is 2. The van der Waals surface area contributed by atoms with Crippen LogP contribution in [-0.2, 0) is 0 Å². The highest BCUT2D eigenvalue weighted by Gasteiger charge is 2.50. The Morgan fingerprint density at radius 3 is 2.64 bits per heavy atom. The summed E-state index contributed by atoms with van der Waals surface area (Å²) in [4.78, 5) is 7.16. The molecule has 0 bridgehead atoms.